The van der Waals surface area contributed by atoms with Gasteiger partial charge in [-0.15, -0.1) is 0 Å². The largest absolute Gasteiger partial charge is 0.483 e. The average Bonchev–Trinajstić information content (AvgIpc) is 0.800. The smallest absolute Gasteiger partial charge is 0.317 e. The third-order valence-electron chi connectivity index (χ3n) is 18.9. The number of amides is 14. The quantitative estimate of drug-likeness (QED) is 0.0269. The topological polar surface area (TPSA) is 951 Å². The van der Waals surface area contributed by atoms with E-state index in [0.717, 1.165) is 6.92 Å². The minimum Gasteiger partial charge on any atom is -0.483 e. The lowest BCUT2D eigenvalue weighted by Gasteiger charge is -2.33. The van der Waals surface area contributed by atoms with Gasteiger partial charge < -0.3 is 155 Å². The fourth-order valence-corrected chi connectivity index (χ4v) is 12.9. The van der Waals surface area contributed by atoms with Crippen molar-refractivity contribution in [3.8, 4) is 11.5 Å². The van der Waals surface area contributed by atoms with E-state index in [2.05, 4.69) is 69.1 Å². The van der Waals surface area contributed by atoms with Gasteiger partial charge in [0.05, 0.1) is 137 Å². The van der Waals surface area contributed by atoms with E-state index in [1.54, 1.807) is 18.2 Å². The summed E-state index contributed by atoms with van der Waals surface area (Å²) in [7, 11) is 0. The van der Waals surface area contributed by atoms with E-state index in [9.17, 15) is 186 Å². The lowest BCUT2D eigenvalue weighted by Crippen LogP contribution is -2.64. The number of fused-ring (bicyclic) bond motifs is 1. The predicted molar refractivity (Wildman–Crippen MR) is 465 cm³/mol. The van der Waals surface area contributed by atoms with Gasteiger partial charge in [0, 0.05) is 45.8 Å². The molecular weight excluding hydrogens is 1920 g/mol. The Kier molecular flexibility index (Phi) is 54.5. The molecule has 1 aromatic carbocycles. The third kappa shape index (κ3) is 52.4. The number of benzene rings is 1. The minimum absolute atomic E-state index is 0.113. The second-order valence-electron chi connectivity index (χ2n) is 31.1. The van der Waals surface area contributed by atoms with Crippen LogP contribution in [0.2, 0.25) is 0 Å². The fraction of sp³-hybridized carbons (Fsp3) is 0.564. The molecule has 27 N–H and O–H groups in total. The van der Waals surface area contributed by atoms with Crippen LogP contribution < -0.4 is 83.9 Å². The van der Waals surface area contributed by atoms with E-state index in [1.807, 2.05) is 19.2 Å². The molecule has 0 aromatic heterocycles. The van der Waals surface area contributed by atoms with Crippen molar-refractivity contribution >= 4 is 167 Å². The molecule has 0 spiro atoms. The second-order valence-corrected chi connectivity index (χ2v) is 31.1. The molecule has 1 aliphatic heterocycles. The zero-order valence-electron chi connectivity index (χ0n) is 76.3. The van der Waals surface area contributed by atoms with Gasteiger partial charge in [0.15, 0.2) is 11.5 Å². The SMILES string of the molecule is CCC1Oc2ccc(CCNC(=O)C(CNC(=O)C(CNC(=O)CN(CC=O)CC(=O)O)NC(=O)C(CNC(=O)C(CNC(=O)CN(CC(=O)O)CC(=O)O)NC(=O)CN(CC(=O)O)CC(=O)O)NC(=O)C(CCNC(=O)CN(CC(=O)O)CC(=O)O)NC(=O)CN(CC(=O)O)CC(=O)O)NC(=O)C(CNC(=O)CN(CC(=O)O)CC(=O)O)NC(=O)C(C)NC(=O)CN(CC(=O)O)CC(=O)O)cc2OC1CC. The third-order valence-corrected chi connectivity index (χ3v) is 18.9. The van der Waals surface area contributed by atoms with Crippen molar-refractivity contribution in [2.24, 2.45) is 0 Å². The number of nitrogens with zero attached hydrogens (tertiary/aromatic N) is 7. The summed E-state index contributed by atoms with van der Waals surface area (Å²) in [6, 6.07) is -11.4. The molecule has 0 radical (unpaired) electrons. The van der Waals surface area contributed by atoms with Crippen molar-refractivity contribution in [3.63, 3.8) is 0 Å². The van der Waals surface area contributed by atoms with Crippen molar-refractivity contribution in [2.75, 3.05) is 183 Å². The monoisotopic (exact) mass is 2030 g/mol. The molecule has 14 amide bonds. The first-order chi connectivity index (χ1) is 66.5. The number of hydrogen-bond donors (Lipinski definition) is 27. The van der Waals surface area contributed by atoms with Gasteiger partial charge in [-0.1, -0.05) is 19.9 Å². The number of carbonyl (C=O) groups excluding carboxylic acids is 15. The Hall–Kier alpha value is -16.1. The number of nitrogens with one attached hydrogen (secondary N) is 14. The van der Waals surface area contributed by atoms with E-state index < -0.39 is 398 Å². The fourth-order valence-electron chi connectivity index (χ4n) is 12.9. The Labute approximate surface area is 802 Å². The summed E-state index contributed by atoms with van der Waals surface area (Å²) in [5.41, 5.74) is 0.445. The lowest BCUT2D eigenvalue weighted by molar-refractivity contribution is -0.145. The molecule has 9 unspecified atom stereocenters. The first kappa shape index (κ1) is 122. The van der Waals surface area contributed by atoms with Crippen molar-refractivity contribution in [2.45, 2.75) is 101 Å². The van der Waals surface area contributed by atoms with Crippen LogP contribution in [0.25, 0.3) is 0 Å². The van der Waals surface area contributed by atoms with Gasteiger partial charge >= 0.3 is 77.6 Å². The molecule has 9 atom stereocenters. The van der Waals surface area contributed by atoms with Gasteiger partial charge in [0.25, 0.3) is 0 Å². The molecule has 64 heteroatoms. The van der Waals surface area contributed by atoms with Crippen molar-refractivity contribution < 1.29 is 210 Å². The van der Waals surface area contributed by atoms with Crippen molar-refractivity contribution in [3.05, 3.63) is 23.8 Å². The highest BCUT2D eigenvalue weighted by atomic mass is 16.6. The average molecular weight is 2030 g/mol. The summed E-state index contributed by atoms with van der Waals surface area (Å²) in [5, 5.41) is 153. The predicted octanol–water partition coefficient (Wildman–Crippen LogP) is -16.4. The first-order valence-corrected chi connectivity index (χ1v) is 42.4. The van der Waals surface area contributed by atoms with Crippen LogP contribution in [0, 0.1) is 0 Å². The normalized spacial score (nSPS) is 13.9. The standard InChI is InChI=1S/C78H113N21O43/c1-4-48-49(5-2)142-51-14-41(6-7-50(51)141-48)8-10-80-73(135)45(91-77(139)46(17-83-55(104)23-96(32-64(118)119)33-65(120)121)89-72(134)40(3)86-56(105)24-97(34-66(122)123)35-67(124)125)18-84-75(137)44(16-82-53(102)20-93(12-13-100)27-59(108)109)90-78(140)47(19-85-74(136)43(88-58(107)26-99(38-70(130)131)39-71(132)133)15-81-54(103)22-95(30-62(114)115)31-63(116)117)92-76(138)42(87-57(106)25-98(36-68(126)127)37-69(128)129)9-11-79-52(101)21-94(28-60(110)111)29-61(112)113/h6-7,13-14,40,42-49H,4-5,8-12,15-39H2,1-3H3,(H,79,101)(H,80,135)(H,81,103)(H,82,102)(H,83,104)(H,84,137)(H,85,136)(H,86,105)(H,87,106)(H,88,107)(H,89,134)(H,90,140)(H,91,139)(H,92,138)(H,108,109)(H,110,111)(H,112,113)(H,114,115)(H,116,117)(H,118,119)(H,120,121)(H,122,123)(H,124,125)(H,126,127)(H,128,129)(H,130,131)(H,132,133). The van der Waals surface area contributed by atoms with E-state index in [1.165, 1.54) is 0 Å². The van der Waals surface area contributed by atoms with Crippen LogP contribution in [-0.2, 0) is 141 Å². The van der Waals surface area contributed by atoms with Gasteiger partial charge in [0.2, 0.25) is 82.7 Å². The number of carbonyl (C=O) groups is 28. The number of rotatable bonds is 74. The summed E-state index contributed by atoms with van der Waals surface area (Å²) in [6.45, 7) is -26.1. The maximum atomic E-state index is 15.5. The zero-order valence-corrected chi connectivity index (χ0v) is 76.3. The Morgan fingerprint density at radius 2 is 0.535 bits per heavy atom. The molecule has 0 bridgehead atoms. The van der Waals surface area contributed by atoms with Gasteiger partial charge in [-0.25, -0.2) is 0 Å². The molecule has 1 heterocycles. The number of carboxylic acids is 13. The molecule has 0 saturated heterocycles. The summed E-state index contributed by atoms with van der Waals surface area (Å²) < 4.78 is 12.3. The zero-order chi connectivity index (χ0) is 107. The van der Waals surface area contributed by atoms with Gasteiger partial charge in [-0.05, 0) is 50.3 Å². The summed E-state index contributed by atoms with van der Waals surface area (Å²) in [4.78, 5) is 368. The maximum absolute atomic E-state index is 15.5. The molecule has 1 aliphatic rings. The molecule has 142 heavy (non-hydrogen) atoms. The van der Waals surface area contributed by atoms with E-state index in [4.69, 9.17) is 9.47 Å². The molecular formula is C78H113N21O43. The Balaban J connectivity index is 3.27. The Morgan fingerprint density at radius 1 is 0.282 bits per heavy atom. The minimum atomic E-state index is -2.63. The molecule has 788 valence electrons. The van der Waals surface area contributed by atoms with Crippen LogP contribution in [0.4, 0.5) is 0 Å². The number of carboxylic acid groups (broad SMARTS) is 13. The van der Waals surface area contributed by atoms with Crippen LogP contribution in [0.3, 0.4) is 0 Å². The maximum Gasteiger partial charge on any atom is 0.317 e. The van der Waals surface area contributed by atoms with Crippen LogP contribution >= 0.6 is 0 Å². The Morgan fingerprint density at radius 3 is 0.859 bits per heavy atom. The molecule has 0 fully saturated rings. The van der Waals surface area contributed by atoms with Crippen LogP contribution in [0.1, 0.15) is 45.6 Å². The van der Waals surface area contributed by atoms with Gasteiger partial charge in [-0.3, -0.25) is 164 Å². The first-order valence-electron chi connectivity index (χ1n) is 42.4. The van der Waals surface area contributed by atoms with E-state index in [-0.39, 0.29) is 24.6 Å². The molecule has 0 saturated carbocycles. The number of ether oxygens (including phenoxy) is 2. The van der Waals surface area contributed by atoms with E-state index >= 15 is 14.4 Å². The lowest BCUT2D eigenvalue weighted by atomic mass is 10.1. The van der Waals surface area contributed by atoms with Crippen molar-refractivity contribution in [1.29, 1.82) is 0 Å². The number of aliphatic carboxylic acids is 13. The molecule has 1 aromatic rings. The van der Waals surface area contributed by atoms with Gasteiger partial charge in [-0.2, -0.15) is 0 Å². The van der Waals surface area contributed by atoms with Crippen LogP contribution in [-0.4, -0.2) is 505 Å². The summed E-state index contributed by atoms with van der Waals surface area (Å²) >= 11 is 0. The Bertz CT molecular complexity index is 4640. The summed E-state index contributed by atoms with van der Waals surface area (Å²) in [6.07, 6.45) is -0.671. The molecule has 0 aliphatic carbocycles. The highest BCUT2D eigenvalue weighted by Gasteiger charge is 2.38. The number of hydrogen-bond acceptors (Lipinski definition) is 37. The van der Waals surface area contributed by atoms with Crippen LogP contribution in [0.15, 0.2) is 18.2 Å². The summed E-state index contributed by atoms with van der Waals surface area (Å²) in [5.74, 6) is -41.5. The van der Waals surface area contributed by atoms with Crippen LogP contribution in [0.5, 0.6) is 11.5 Å². The highest BCUT2D eigenvalue weighted by molar-refractivity contribution is 5.99. The molecule has 64 nitrogen and oxygen atoms in total. The van der Waals surface area contributed by atoms with Gasteiger partial charge in [0.1, 0.15) is 60.8 Å². The van der Waals surface area contributed by atoms with Crippen molar-refractivity contribution in [1.82, 2.24) is 109 Å². The highest BCUT2D eigenvalue weighted by Crippen LogP contribution is 2.36. The van der Waals surface area contributed by atoms with E-state index in [0.29, 0.717) is 58.5 Å². The second kappa shape index (κ2) is 63.4. The molecule has 2 rings (SSSR count). The number of aldehydes is 1.